The Bertz CT molecular complexity index is 2670. The minimum Gasteiger partial charge on any atom is -0.491 e. The fourth-order valence-electron chi connectivity index (χ4n) is 8.87. The Morgan fingerprint density at radius 2 is 1.74 bits per heavy atom. The zero-order valence-corrected chi connectivity index (χ0v) is 43.4. The van der Waals surface area contributed by atoms with Crippen molar-refractivity contribution in [3.8, 4) is 22.9 Å². The van der Waals surface area contributed by atoms with Crippen molar-refractivity contribution < 1.29 is 68.3 Å². The van der Waals surface area contributed by atoms with Gasteiger partial charge in [0.1, 0.15) is 41.2 Å². The molecule has 2 N–H and O–H groups in total. The number of amides is 2. The summed E-state index contributed by atoms with van der Waals surface area (Å²) in [5.41, 5.74) is -5.61. The van der Waals surface area contributed by atoms with Crippen molar-refractivity contribution in [1.82, 2.24) is 24.5 Å². The maximum absolute atomic E-state index is 15.0. The first-order valence-electron chi connectivity index (χ1n) is 24.0. The molecule has 2 aliphatic carbocycles. The molecule has 0 spiro atoms. The fourth-order valence-corrected chi connectivity index (χ4v) is 10.3. The molecule has 2 saturated carbocycles. The van der Waals surface area contributed by atoms with Crippen LogP contribution >= 0.6 is 11.6 Å². The van der Waals surface area contributed by atoms with E-state index in [1.807, 2.05) is 18.6 Å². The highest BCUT2D eigenvalue weighted by atomic mass is 35.5. The number of Topliss-reactive ketones (excluding diaryl/α,β-unsaturated/α-hetero) is 1. The van der Waals surface area contributed by atoms with E-state index in [2.05, 4.69) is 21.8 Å². The Hall–Kier alpha value is -5.03. The number of hydrogen-bond donors (Lipinski definition) is 2. The monoisotopic (exact) mass is 1050 g/mol. The van der Waals surface area contributed by atoms with Crippen LogP contribution in [0.15, 0.2) is 41.5 Å². The first-order chi connectivity index (χ1) is 33.5. The van der Waals surface area contributed by atoms with Crippen LogP contribution in [0, 0.1) is 22.7 Å². The first-order valence-corrected chi connectivity index (χ1v) is 25.8. The molecular weight excluding hydrogens is 989 g/mol. The molecule has 1 aromatic carbocycles. The standard InChI is InChI=1S/C49H64ClF3N6O12S/c1-10-29-24-48(29,43(63)57-72(64,65)71-47(9)13-14-47)25-36(60)35-21-30(26-59(35)42(62)32(45(4,5)6)22-39(61)70-46(7,8)49(51,52)53)69-38-23-33(34-27-68-44(56-34)54-28(2)3)55-41-31(38)11-12-37(40(41)50)67-20-17-58-15-18-66-19-16-58/h10-12,23,27-30,32,35H,1,13-22,24-26H2,2-9H3,(H,54,56)(H,57,63)/t29-,30-,32-,35+,48-/m1/s1. The number of ether oxygens (including phenoxy) is 4. The Balaban J connectivity index is 1.23. The summed E-state index contributed by atoms with van der Waals surface area (Å²) in [6, 6.07) is 3.87. The smallest absolute Gasteiger partial charge is 0.427 e. The van der Waals surface area contributed by atoms with Gasteiger partial charge in [-0.1, -0.05) is 38.4 Å². The molecule has 4 fully saturated rings. The van der Waals surface area contributed by atoms with Gasteiger partial charge in [0.05, 0.1) is 60.4 Å². The number of oxazole rings is 1. The lowest BCUT2D eigenvalue weighted by Gasteiger charge is -2.35. The van der Waals surface area contributed by atoms with Gasteiger partial charge in [0.15, 0.2) is 5.78 Å². The maximum atomic E-state index is 15.0. The number of fused-ring (bicyclic) bond motifs is 1. The second kappa shape index (κ2) is 20.7. The van der Waals surface area contributed by atoms with Crippen LogP contribution in [-0.2, 0) is 43.1 Å². The molecule has 7 rings (SSSR count). The number of morpholine rings is 1. The Morgan fingerprint density at radius 3 is 2.35 bits per heavy atom. The van der Waals surface area contributed by atoms with Gasteiger partial charge in [-0.05, 0) is 77.3 Å². The number of carbonyl (C=O) groups is 4. The second-order valence-corrected chi connectivity index (χ2v) is 22.9. The van der Waals surface area contributed by atoms with Crippen molar-refractivity contribution in [1.29, 1.82) is 0 Å². The number of allylic oxidation sites excluding steroid dienone is 1. The zero-order chi connectivity index (χ0) is 52.8. The van der Waals surface area contributed by atoms with E-state index >= 15 is 0 Å². The number of hydrogen-bond acceptors (Lipinski definition) is 16. The fraction of sp³-hybridized carbons (Fsp3) is 0.633. The van der Waals surface area contributed by atoms with E-state index < -0.39 is 98.9 Å². The summed E-state index contributed by atoms with van der Waals surface area (Å²) in [5, 5.41) is 3.69. The summed E-state index contributed by atoms with van der Waals surface area (Å²) in [5.74, 6) is -5.03. The van der Waals surface area contributed by atoms with Crippen molar-refractivity contribution in [3.63, 3.8) is 0 Å². The number of rotatable bonds is 21. The molecule has 18 nitrogen and oxygen atoms in total. The van der Waals surface area contributed by atoms with Crippen molar-refractivity contribution in [3.05, 3.63) is 42.1 Å². The number of anilines is 1. The molecule has 2 saturated heterocycles. The van der Waals surface area contributed by atoms with Crippen LogP contribution in [0.4, 0.5) is 19.2 Å². The topological polar surface area (TPSA) is 218 Å². The highest BCUT2D eigenvalue weighted by molar-refractivity contribution is 7.85. The third-order valence-corrected chi connectivity index (χ3v) is 15.0. The number of carbonyl (C=O) groups excluding carboxylic acids is 4. The van der Waals surface area contributed by atoms with Gasteiger partial charge in [-0.15, -0.1) is 6.58 Å². The number of likely N-dealkylation sites (tertiary alicyclic amines) is 1. The summed E-state index contributed by atoms with van der Waals surface area (Å²) in [7, 11) is -4.58. The number of esters is 1. The van der Waals surface area contributed by atoms with Crippen LogP contribution < -0.4 is 19.5 Å². The van der Waals surface area contributed by atoms with Crippen molar-refractivity contribution in [2.75, 3.05) is 51.3 Å². The first kappa shape index (κ1) is 54.7. The van der Waals surface area contributed by atoms with E-state index in [9.17, 15) is 40.8 Å². The van der Waals surface area contributed by atoms with E-state index in [4.69, 9.17) is 44.1 Å². The van der Waals surface area contributed by atoms with E-state index in [1.54, 1.807) is 45.9 Å². The van der Waals surface area contributed by atoms with Crippen LogP contribution in [0.5, 0.6) is 11.5 Å². The highest BCUT2D eigenvalue weighted by Gasteiger charge is 2.62. The molecular formula is C49H64ClF3N6O12S. The summed E-state index contributed by atoms with van der Waals surface area (Å²) in [4.78, 5) is 69.9. The van der Waals surface area contributed by atoms with Crippen LogP contribution in [0.1, 0.15) is 93.9 Å². The molecule has 3 aromatic rings. The number of nitrogens with zero attached hydrogens (tertiary/aromatic N) is 4. The minimum absolute atomic E-state index is 0.0182. The summed E-state index contributed by atoms with van der Waals surface area (Å²) < 4.78 is 104. The molecule has 0 radical (unpaired) electrons. The number of halogens is 4. The second-order valence-electron chi connectivity index (χ2n) is 21.3. The molecule has 0 unspecified atom stereocenters. The normalized spacial score (nSPS) is 22.8. The number of alkyl halides is 3. The van der Waals surface area contributed by atoms with Gasteiger partial charge in [0, 0.05) is 50.0 Å². The molecule has 4 heterocycles. The van der Waals surface area contributed by atoms with Gasteiger partial charge in [-0.25, -0.2) is 13.9 Å². The summed E-state index contributed by atoms with van der Waals surface area (Å²) >= 11 is 7.07. The van der Waals surface area contributed by atoms with Gasteiger partial charge < -0.3 is 33.6 Å². The largest absolute Gasteiger partial charge is 0.491 e. The quantitative estimate of drug-likeness (QED) is 0.0782. The van der Waals surface area contributed by atoms with Crippen LogP contribution in [0.2, 0.25) is 5.02 Å². The lowest BCUT2D eigenvalue weighted by molar-refractivity contribution is -0.257. The number of aromatic nitrogens is 2. The third-order valence-electron chi connectivity index (χ3n) is 13.6. The molecule has 0 bridgehead atoms. The average molecular weight is 1050 g/mol. The van der Waals surface area contributed by atoms with E-state index in [0.717, 1.165) is 13.1 Å². The Labute approximate surface area is 422 Å². The van der Waals surface area contributed by atoms with Crippen LogP contribution in [0.25, 0.3) is 22.3 Å². The van der Waals surface area contributed by atoms with Crippen molar-refractivity contribution >= 4 is 62.4 Å². The molecule has 396 valence electrons. The van der Waals surface area contributed by atoms with Gasteiger partial charge in [0.2, 0.25) is 17.4 Å². The number of ketones is 1. The summed E-state index contributed by atoms with van der Waals surface area (Å²) in [6.45, 7) is 18.9. The van der Waals surface area contributed by atoms with Crippen LogP contribution in [-0.4, -0.2) is 133 Å². The molecule has 2 aromatic heterocycles. The van der Waals surface area contributed by atoms with Gasteiger partial charge in [-0.2, -0.15) is 26.6 Å². The highest BCUT2D eigenvalue weighted by Crippen LogP contribution is 2.57. The SMILES string of the molecule is C=C[C@@H]1C[C@]1(CC(=O)[C@@H]1C[C@@H](Oc2cc(-c3coc(NC(C)C)n3)nc3c(Cl)c(OCCN4CCOCC4)ccc23)CN1C(=O)[C@@H](CC(=O)OC(C)(C)C(F)(F)F)C(C)(C)C)C(=O)NS(=O)(=O)OC1(C)CC1. The number of nitrogens with one attached hydrogen (secondary N) is 2. The van der Waals surface area contributed by atoms with E-state index in [-0.39, 0.29) is 53.4 Å². The zero-order valence-electron chi connectivity index (χ0n) is 41.8. The number of pyridine rings is 1. The van der Waals surface area contributed by atoms with E-state index in [0.29, 0.717) is 69.9 Å². The van der Waals surface area contributed by atoms with Crippen LogP contribution in [0.3, 0.4) is 0 Å². The van der Waals surface area contributed by atoms with Crippen molar-refractivity contribution in [2.45, 2.75) is 129 Å². The lowest BCUT2D eigenvalue weighted by Crippen LogP contribution is -2.49. The summed E-state index contributed by atoms with van der Waals surface area (Å²) in [6.07, 6.45) is -3.50. The molecule has 2 amide bonds. The molecule has 4 aliphatic rings. The molecule has 2 aliphatic heterocycles. The van der Waals surface area contributed by atoms with Gasteiger partial charge in [0.25, 0.3) is 6.01 Å². The van der Waals surface area contributed by atoms with Crippen molar-refractivity contribution in [2.24, 2.45) is 22.7 Å². The lowest BCUT2D eigenvalue weighted by atomic mass is 9.77. The predicted octanol–water partition coefficient (Wildman–Crippen LogP) is 7.44. The maximum Gasteiger partial charge on any atom is 0.427 e. The average Bonchev–Trinajstić information content (AvgIpc) is 4.05. The third kappa shape index (κ3) is 12.7. The Morgan fingerprint density at radius 1 is 1.04 bits per heavy atom. The van der Waals surface area contributed by atoms with Gasteiger partial charge >= 0.3 is 22.4 Å². The van der Waals surface area contributed by atoms with Gasteiger partial charge in [-0.3, -0.25) is 24.1 Å². The Kier molecular flexibility index (Phi) is 15.7. The molecule has 72 heavy (non-hydrogen) atoms. The van der Waals surface area contributed by atoms with E-state index in [1.165, 1.54) is 17.2 Å². The molecule has 23 heteroatoms. The minimum atomic E-state index is -4.92. The molecule has 5 atom stereocenters. The number of benzene rings is 1. The predicted molar refractivity (Wildman–Crippen MR) is 258 cm³/mol.